The second kappa shape index (κ2) is 8.54. The summed E-state index contributed by atoms with van der Waals surface area (Å²) in [6.45, 7) is 0.211. The molecule has 0 radical (unpaired) electrons. The summed E-state index contributed by atoms with van der Waals surface area (Å²) in [7, 11) is 0. The van der Waals surface area contributed by atoms with Crippen LogP contribution in [-0.2, 0) is 20.8 Å². The first-order valence-corrected chi connectivity index (χ1v) is 8.17. The number of hydrogen-bond acceptors (Lipinski definition) is 5. The Balaban J connectivity index is 1.90. The van der Waals surface area contributed by atoms with E-state index in [1.807, 2.05) is 30.3 Å². The van der Waals surface area contributed by atoms with Crippen LogP contribution in [0.3, 0.4) is 0 Å². The number of ketones is 1. The molecule has 1 aliphatic heterocycles. The average Bonchev–Trinajstić information content (AvgIpc) is 2.71. The Morgan fingerprint density at radius 1 is 1.33 bits per heavy atom. The van der Waals surface area contributed by atoms with Crippen LogP contribution in [0, 0.1) is 0 Å². The van der Waals surface area contributed by atoms with Gasteiger partial charge < -0.3 is 15.3 Å². The van der Waals surface area contributed by atoms with E-state index >= 15 is 0 Å². The summed E-state index contributed by atoms with van der Waals surface area (Å²) in [5.41, 5.74) is 0.993. The molecule has 2 atom stereocenters. The van der Waals surface area contributed by atoms with Crippen molar-refractivity contribution < 1.29 is 19.5 Å². The molecule has 2 unspecified atom stereocenters. The van der Waals surface area contributed by atoms with E-state index in [0.29, 0.717) is 19.4 Å². The number of carboxylic acids is 1. The molecule has 2 rings (SSSR count). The van der Waals surface area contributed by atoms with Crippen molar-refractivity contribution in [3.8, 4) is 0 Å². The molecule has 0 aromatic heterocycles. The Labute approximate surface area is 145 Å². The number of carbonyl (C=O) groups excluding carboxylic acids is 2. The zero-order valence-electron chi connectivity index (χ0n) is 13.1. The summed E-state index contributed by atoms with van der Waals surface area (Å²) in [6, 6.07) is 8.86. The maximum atomic E-state index is 12.3. The first-order chi connectivity index (χ1) is 11.5. The van der Waals surface area contributed by atoms with Crippen molar-refractivity contribution in [2.24, 2.45) is 0 Å². The molecule has 24 heavy (non-hydrogen) atoms. The summed E-state index contributed by atoms with van der Waals surface area (Å²) >= 11 is 4.33. The highest BCUT2D eigenvalue weighted by atomic mass is 32.1. The van der Waals surface area contributed by atoms with Gasteiger partial charge in [0.2, 0.25) is 5.91 Å². The van der Waals surface area contributed by atoms with Crippen molar-refractivity contribution in [3.63, 3.8) is 0 Å². The predicted molar refractivity (Wildman–Crippen MR) is 92.8 cm³/mol. The number of carboxylic acid groups (broad SMARTS) is 1. The number of thiol groups is 1. The Kier molecular flexibility index (Phi) is 6.43. The molecule has 7 heteroatoms. The lowest BCUT2D eigenvalue weighted by Gasteiger charge is -2.20. The summed E-state index contributed by atoms with van der Waals surface area (Å²) in [5.74, 6) is -1.51. The van der Waals surface area contributed by atoms with E-state index in [0.717, 1.165) is 5.56 Å². The normalized spacial score (nSPS) is 18.8. The third kappa shape index (κ3) is 5.42. The van der Waals surface area contributed by atoms with Crippen molar-refractivity contribution in [2.75, 3.05) is 13.1 Å². The predicted octanol–water partition coefficient (Wildman–Crippen LogP) is 0.885. The minimum atomic E-state index is -0.965. The fourth-order valence-electron chi connectivity index (χ4n) is 2.45. The number of amides is 1. The molecule has 0 saturated carbocycles. The monoisotopic (exact) mass is 348 g/mol. The number of hydrogen-bond donors (Lipinski definition) is 3. The molecule has 1 aromatic rings. The van der Waals surface area contributed by atoms with Gasteiger partial charge in [0, 0.05) is 12.7 Å². The number of aliphatic carboxylic acids is 1. The standard InChI is InChI=1S/C17H20N2O4S/c20-14-7-9-19(11-16(21)22)8-6-13(14)18-17(23)15(24)10-12-4-2-1-3-5-12/h1-5,7,9,13,15,24H,6,8,10-11H2,(H,18,23)(H,21,22). The van der Waals surface area contributed by atoms with Gasteiger partial charge >= 0.3 is 5.97 Å². The lowest BCUT2D eigenvalue weighted by Crippen LogP contribution is -2.44. The Bertz CT molecular complexity index is 633. The Morgan fingerprint density at radius 2 is 2.04 bits per heavy atom. The van der Waals surface area contributed by atoms with Gasteiger partial charge in [0.15, 0.2) is 5.78 Å². The van der Waals surface area contributed by atoms with Crippen molar-refractivity contribution in [3.05, 3.63) is 48.2 Å². The van der Waals surface area contributed by atoms with Crippen molar-refractivity contribution in [1.82, 2.24) is 10.2 Å². The molecule has 1 heterocycles. The summed E-state index contributed by atoms with van der Waals surface area (Å²) in [6.07, 6.45) is 3.60. The van der Waals surface area contributed by atoms with Crippen LogP contribution in [0.4, 0.5) is 0 Å². The first-order valence-electron chi connectivity index (χ1n) is 7.66. The third-order valence-electron chi connectivity index (χ3n) is 3.73. The minimum absolute atomic E-state index is 0.173. The molecule has 0 spiro atoms. The van der Waals surface area contributed by atoms with Crippen LogP contribution in [0.15, 0.2) is 42.6 Å². The van der Waals surface area contributed by atoms with Crippen LogP contribution in [0.25, 0.3) is 0 Å². The molecule has 0 saturated heterocycles. The molecular weight excluding hydrogens is 328 g/mol. The molecule has 128 valence electrons. The lowest BCUT2D eigenvalue weighted by molar-refractivity contribution is -0.137. The van der Waals surface area contributed by atoms with Gasteiger partial charge in [-0.05, 0) is 24.5 Å². The highest BCUT2D eigenvalue weighted by Gasteiger charge is 2.25. The van der Waals surface area contributed by atoms with E-state index < -0.39 is 17.3 Å². The molecule has 2 N–H and O–H groups in total. The molecule has 0 fully saturated rings. The smallest absolute Gasteiger partial charge is 0.323 e. The largest absolute Gasteiger partial charge is 0.480 e. The summed E-state index contributed by atoms with van der Waals surface area (Å²) in [4.78, 5) is 36.6. The number of carbonyl (C=O) groups is 3. The van der Waals surface area contributed by atoms with Gasteiger partial charge in [-0.15, -0.1) is 0 Å². The molecule has 1 aliphatic rings. The van der Waals surface area contributed by atoms with E-state index in [4.69, 9.17) is 5.11 Å². The second-order valence-corrected chi connectivity index (χ2v) is 6.26. The van der Waals surface area contributed by atoms with Crippen molar-refractivity contribution in [1.29, 1.82) is 0 Å². The molecule has 1 aromatic carbocycles. The highest BCUT2D eigenvalue weighted by molar-refractivity contribution is 7.81. The molecule has 0 bridgehead atoms. The number of nitrogens with zero attached hydrogens (tertiary/aromatic N) is 1. The summed E-state index contributed by atoms with van der Waals surface area (Å²) < 4.78 is 0. The Morgan fingerprint density at radius 3 is 2.71 bits per heavy atom. The van der Waals surface area contributed by atoms with Gasteiger partial charge in [0.1, 0.15) is 6.54 Å². The SMILES string of the molecule is O=C(O)CN1C=CC(=O)C(NC(=O)C(S)Cc2ccccc2)CC1. The molecule has 1 amide bonds. The number of rotatable bonds is 6. The van der Waals surface area contributed by atoms with Crippen LogP contribution in [0.2, 0.25) is 0 Å². The first kappa shape index (κ1) is 18.1. The lowest BCUT2D eigenvalue weighted by atomic mass is 10.1. The van der Waals surface area contributed by atoms with Gasteiger partial charge in [-0.2, -0.15) is 12.6 Å². The topological polar surface area (TPSA) is 86.7 Å². The number of benzene rings is 1. The zero-order chi connectivity index (χ0) is 17.5. The summed E-state index contributed by atoms with van der Waals surface area (Å²) in [5, 5.41) is 11.0. The zero-order valence-corrected chi connectivity index (χ0v) is 14.0. The van der Waals surface area contributed by atoms with Crippen LogP contribution in [0.1, 0.15) is 12.0 Å². The van der Waals surface area contributed by atoms with E-state index in [-0.39, 0.29) is 18.2 Å². The van der Waals surface area contributed by atoms with Crippen LogP contribution >= 0.6 is 12.6 Å². The molecule has 0 aliphatic carbocycles. The van der Waals surface area contributed by atoms with E-state index in [1.165, 1.54) is 17.2 Å². The minimum Gasteiger partial charge on any atom is -0.480 e. The van der Waals surface area contributed by atoms with Gasteiger partial charge in [-0.25, -0.2) is 0 Å². The Hall–Kier alpha value is -2.28. The van der Waals surface area contributed by atoms with Gasteiger partial charge in [0.25, 0.3) is 0 Å². The van der Waals surface area contributed by atoms with Crippen molar-refractivity contribution >= 4 is 30.3 Å². The van der Waals surface area contributed by atoms with Crippen LogP contribution < -0.4 is 5.32 Å². The van der Waals surface area contributed by atoms with Crippen molar-refractivity contribution in [2.45, 2.75) is 24.1 Å². The quantitative estimate of drug-likeness (QED) is 0.665. The average molecular weight is 348 g/mol. The van der Waals surface area contributed by atoms with E-state index in [2.05, 4.69) is 17.9 Å². The van der Waals surface area contributed by atoms with E-state index in [9.17, 15) is 14.4 Å². The van der Waals surface area contributed by atoms with Gasteiger partial charge in [-0.1, -0.05) is 30.3 Å². The third-order valence-corrected chi connectivity index (χ3v) is 4.14. The second-order valence-electron chi connectivity index (χ2n) is 5.64. The van der Waals surface area contributed by atoms with Gasteiger partial charge in [-0.3, -0.25) is 14.4 Å². The fourth-order valence-corrected chi connectivity index (χ4v) is 2.74. The fraction of sp³-hybridized carbons (Fsp3) is 0.353. The van der Waals surface area contributed by atoms with Crippen LogP contribution in [-0.4, -0.2) is 52.0 Å². The molecule has 6 nitrogen and oxygen atoms in total. The highest BCUT2D eigenvalue weighted by Crippen LogP contribution is 2.10. The molecular formula is C17H20N2O4S. The van der Waals surface area contributed by atoms with Gasteiger partial charge in [0.05, 0.1) is 11.3 Å². The van der Waals surface area contributed by atoms with E-state index in [1.54, 1.807) is 0 Å². The maximum absolute atomic E-state index is 12.3. The number of nitrogens with one attached hydrogen (secondary N) is 1. The maximum Gasteiger partial charge on any atom is 0.323 e. The van der Waals surface area contributed by atoms with Crippen LogP contribution in [0.5, 0.6) is 0 Å².